The van der Waals surface area contributed by atoms with Crippen molar-refractivity contribution in [2.45, 2.75) is 19.4 Å². The lowest BCUT2D eigenvalue weighted by molar-refractivity contribution is -0.133. The standard InChI is InChI=1S/C20H21N3O4/c1-13-8-10-14(11-9-13)20(2)18(25)23(19(26)22-20)12-17(24)21-15-6-4-5-7-16(15)27-3/h4-11H,12H2,1-3H3,(H,21,24)(H,22,26)/t20-/m1/s1. The number of hydrogen-bond donors (Lipinski definition) is 2. The Morgan fingerprint density at radius 3 is 2.48 bits per heavy atom. The molecule has 1 fully saturated rings. The van der Waals surface area contributed by atoms with Gasteiger partial charge in [0.2, 0.25) is 5.91 Å². The number of imide groups is 1. The molecule has 140 valence electrons. The highest BCUT2D eigenvalue weighted by atomic mass is 16.5. The fourth-order valence-electron chi connectivity index (χ4n) is 3.00. The number of para-hydroxylation sites is 2. The van der Waals surface area contributed by atoms with Crippen molar-refractivity contribution in [3.05, 3.63) is 59.7 Å². The summed E-state index contributed by atoms with van der Waals surface area (Å²) in [5, 5.41) is 5.36. The molecule has 0 spiro atoms. The predicted molar refractivity (Wildman–Crippen MR) is 100 cm³/mol. The number of hydrogen-bond acceptors (Lipinski definition) is 4. The first-order valence-corrected chi connectivity index (χ1v) is 8.49. The molecule has 2 N–H and O–H groups in total. The zero-order chi connectivity index (χ0) is 19.6. The summed E-state index contributed by atoms with van der Waals surface area (Å²) in [4.78, 5) is 38.5. The maximum atomic E-state index is 12.9. The van der Waals surface area contributed by atoms with Crippen LogP contribution in [0.15, 0.2) is 48.5 Å². The van der Waals surface area contributed by atoms with Gasteiger partial charge in [-0.3, -0.25) is 14.5 Å². The Bertz CT molecular complexity index is 894. The molecule has 3 rings (SSSR count). The second kappa shape index (κ2) is 7.11. The Kier molecular flexibility index (Phi) is 4.85. The van der Waals surface area contributed by atoms with Gasteiger partial charge >= 0.3 is 6.03 Å². The number of rotatable bonds is 5. The number of ether oxygens (including phenoxy) is 1. The van der Waals surface area contributed by atoms with Crippen LogP contribution in [0, 0.1) is 6.92 Å². The van der Waals surface area contributed by atoms with Gasteiger partial charge in [0.05, 0.1) is 12.8 Å². The van der Waals surface area contributed by atoms with Gasteiger partial charge in [-0.05, 0) is 31.5 Å². The first-order chi connectivity index (χ1) is 12.8. The van der Waals surface area contributed by atoms with E-state index in [4.69, 9.17) is 4.74 Å². The molecule has 1 heterocycles. The predicted octanol–water partition coefficient (Wildman–Crippen LogP) is 2.41. The maximum Gasteiger partial charge on any atom is 0.325 e. The molecular weight excluding hydrogens is 346 g/mol. The van der Waals surface area contributed by atoms with Gasteiger partial charge in [0.1, 0.15) is 17.8 Å². The topological polar surface area (TPSA) is 87.7 Å². The molecule has 0 unspecified atom stereocenters. The third kappa shape index (κ3) is 3.48. The van der Waals surface area contributed by atoms with Crippen LogP contribution < -0.4 is 15.4 Å². The van der Waals surface area contributed by atoms with Gasteiger partial charge in [-0.2, -0.15) is 0 Å². The first kappa shape index (κ1) is 18.4. The Morgan fingerprint density at radius 1 is 1.15 bits per heavy atom. The van der Waals surface area contributed by atoms with Crippen molar-refractivity contribution in [3.63, 3.8) is 0 Å². The number of nitrogens with zero attached hydrogens (tertiary/aromatic N) is 1. The van der Waals surface area contributed by atoms with Crippen LogP contribution in [-0.4, -0.2) is 36.4 Å². The van der Waals surface area contributed by atoms with Gasteiger partial charge in [0, 0.05) is 0 Å². The molecule has 1 atom stereocenters. The largest absolute Gasteiger partial charge is 0.495 e. The van der Waals surface area contributed by atoms with E-state index in [2.05, 4.69) is 10.6 Å². The average Bonchev–Trinajstić information content (AvgIpc) is 2.86. The van der Waals surface area contributed by atoms with Gasteiger partial charge in [0.15, 0.2) is 0 Å². The molecule has 0 aliphatic carbocycles. The Hall–Kier alpha value is -3.35. The van der Waals surface area contributed by atoms with E-state index in [1.54, 1.807) is 43.3 Å². The molecule has 2 aromatic carbocycles. The van der Waals surface area contributed by atoms with E-state index < -0.39 is 23.4 Å². The number of methoxy groups -OCH3 is 1. The van der Waals surface area contributed by atoms with Crippen LogP contribution in [-0.2, 0) is 15.1 Å². The van der Waals surface area contributed by atoms with E-state index in [-0.39, 0.29) is 6.54 Å². The summed E-state index contributed by atoms with van der Waals surface area (Å²) in [6.45, 7) is 3.19. The molecule has 1 saturated heterocycles. The van der Waals surface area contributed by atoms with Crippen molar-refractivity contribution in [3.8, 4) is 5.75 Å². The number of benzene rings is 2. The molecule has 7 heteroatoms. The van der Waals surface area contributed by atoms with E-state index in [0.29, 0.717) is 17.0 Å². The van der Waals surface area contributed by atoms with Crippen molar-refractivity contribution in [1.82, 2.24) is 10.2 Å². The molecule has 0 saturated carbocycles. The van der Waals surface area contributed by atoms with Gasteiger partial charge in [-0.1, -0.05) is 42.0 Å². The molecule has 7 nitrogen and oxygen atoms in total. The van der Waals surface area contributed by atoms with Crippen LogP contribution in [0.25, 0.3) is 0 Å². The molecule has 4 amide bonds. The molecule has 0 radical (unpaired) electrons. The lowest BCUT2D eigenvalue weighted by Gasteiger charge is -2.22. The smallest absolute Gasteiger partial charge is 0.325 e. The van der Waals surface area contributed by atoms with Crippen LogP contribution >= 0.6 is 0 Å². The SMILES string of the molecule is COc1ccccc1NC(=O)CN1C(=O)N[C@](C)(c2ccc(C)cc2)C1=O. The van der Waals surface area contributed by atoms with E-state index in [0.717, 1.165) is 10.5 Å². The van der Waals surface area contributed by atoms with Gasteiger partial charge in [0.25, 0.3) is 5.91 Å². The first-order valence-electron chi connectivity index (χ1n) is 8.49. The lowest BCUT2D eigenvalue weighted by atomic mass is 9.91. The Morgan fingerprint density at radius 2 is 1.81 bits per heavy atom. The number of carbonyl (C=O) groups excluding carboxylic acids is 3. The van der Waals surface area contributed by atoms with E-state index in [9.17, 15) is 14.4 Å². The highest BCUT2D eigenvalue weighted by Crippen LogP contribution is 2.29. The zero-order valence-electron chi connectivity index (χ0n) is 15.4. The normalized spacial score (nSPS) is 19.0. The molecule has 0 aromatic heterocycles. The van der Waals surface area contributed by atoms with Crippen LogP contribution in [0.2, 0.25) is 0 Å². The zero-order valence-corrected chi connectivity index (χ0v) is 15.4. The van der Waals surface area contributed by atoms with E-state index >= 15 is 0 Å². The Labute approximate surface area is 157 Å². The fraction of sp³-hybridized carbons (Fsp3) is 0.250. The highest BCUT2D eigenvalue weighted by molar-refractivity contribution is 6.10. The van der Waals surface area contributed by atoms with Crippen molar-refractivity contribution in [2.24, 2.45) is 0 Å². The summed E-state index contributed by atoms with van der Waals surface area (Å²) in [5.41, 5.74) is 0.986. The number of nitrogens with one attached hydrogen (secondary N) is 2. The van der Waals surface area contributed by atoms with E-state index in [1.807, 2.05) is 19.1 Å². The molecule has 0 bridgehead atoms. The minimum absolute atomic E-state index is 0.385. The highest BCUT2D eigenvalue weighted by Gasteiger charge is 2.49. The number of carbonyl (C=O) groups is 3. The monoisotopic (exact) mass is 367 g/mol. The van der Waals surface area contributed by atoms with Crippen LogP contribution in [0.5, 0.6) is 5.75 Å². The molecule has 2 aromatic rings. The van der Waals surface area contributed by atoms with Crippen LogP contribution in [0.3, 0.4) is 0 Å². The summed E-state index contributed by atoms with van der Waals surface area (Å²) in [7, 11) is 1.50. The Balaban J connectivity index is 1.75. The number of aryl methyl sites for hydroxylation is 1. The lowest BCUT2D eigenvalue weighted by Crippen LogP contribution is -2.42. The molecule has 1 aliphatic heterocycles. The number of urea groups is 1. The summed E-state index contributed by atoms with van der Waals surface area (Å²) in [5.74, 6) is -0.463. The fourth-order valence-corrected chi connectivity index (χ4v) is 3.00. The van der Waals surface area contributed by atoms with E-state index in [1.165, 1.54) is 7.11 Å². The summed E-state index contributed by atoms with van der Waals surface area (Å²) < 4.78 is 5.18. The minimum Gasteiger partial charge on any atom is -0.495 e. The second-order valence-electron chi connectivity index (χ2n) is 6.56. The summed E-state index contributed by atoms with van der Waals surface area (Å²) in [6.07, 6.45) is 0. The van der Waals surface area contributed by atoms with Crippen molar-refractivity contribution < 1.29 is 19.1 Å². The third-order valence-electron chi connectivity index (χ3n) is 4.59. The quantitative estimate of drug-likeness (QED) is 0.795. The summed E-state index contributed by atoms with van der Waals surface area (Å²) in [6, 6.07) is 13.7. The van der Waals surface area contributed by atoms with Crippen molar-refractivity contribution >= 4 is 23.5 Å². The third-order valence-corrected chi connectivity index (χ3v) is 4.59. The summed E-state index contributed by atoms with van der Waals surface area (Å²) >= 11 is 0. The van der Waals surface area contributed by atoms with Crippen molar-refractivity contribution in [1.29, 1.82) is 0 Å². The van der Waals surface area contributed by atoms with Gasteiger partial charge < -0.3 is 15.4 Å². The molecular formula is C20H21N3O4. The number of anilines is 1. The van der Waals surface area contributed by atoms with Gasteiger partial charge in [-0.15, -0.1) is 0 Å². The number of amides is 4. The second-order valence-corrected chi connectivity index (χ2v) is 6.56. The van der Waals surface area contributed by atoms with Crippen molar-refractivity contribution in [2.75, 3.05) is 19.0 Å². The average molecular weight is 367 g/mol. The molecule has 1 aliphatic rings. The van der Waals surface area contributed by atoms with Gasteiger partial charge in [-0.25, -0.2) is 4.79 Å². The van der Waals surface area contributed by atoms with Crippen LogP contribution in [0.4, 0.5) is 10.5 Å². The van der Waals surface area contributed by atoms with Crippen LogP contribution in [0.1, 0.15) is 18.1 Å². The molecule has 27 heavy (non-hydrogen) atoms. The maximum absolute atomic E-state index is 12.9. The minimum atomic E-state index is -1.20.